The summed E-state index contributed by atoms with van der Waals surface area (Å²) in [6, 6.07) is 4.16. The van der Waals surface area contributed by atoms with Crippen molar-refractivity contribution >= 4 is 0 Å². The summed E-state index contributed by atoms with van der Waals surface area (Å²) in [6.07, 6.45) is 19.0. The van der Waals surface area contributed by atoms with Crippen LogP contribution < -0.4 is 5.32 Å². The molecule has 21 heavy (non-hydrogen) atoms. The topological polar surface area (TPSA) is 24.9 Å². The molecule has 1 aromatic rings. The van der Waals surface area contributed by atoms with Crippen LogP contribution in [0.15, 0.2) is 24.5 Å². The number of hydrogen-bond acceptors (Lipinski definition) is 2. The van der Waals surface area contributed by atoms with Crippen LogP contribution >= 0.6 is 0 Å². The van der Waals surface area contributed by atoms with Gasteiger partial charge in [0.15, 0.2) is 0 Å². The maximum absolute atomic E-state index is 4.14. The van der Waals surface area contributed by atoms with Crippen molar-refractivity contribution in [1.82, 2.24) is 10.3 Å². The molecule has 0 aliphatic rings. The van der Waals surface area contributed by atoms with Crippen molar-refractivity contribution in [1.29, 1.82) is 0 Å². The van der Waals surface area contributed by atoms with Crippen LogP contribution in [0.1, 0.15) is 76.7 Å². The predicted octanol–water partition coefficient (Wildman–Crippen LogP) is 5.13. The standard InChI is InChI=1S/C19H34N2/c1-2-3-4-5-6-7-8-9-10-11-15-20-17-14-19-13-12-16-21-18-19/h12-13,16,18,20H,2-11,14-15,17H2,1H3. The third-order valence-electron chi connectivity index (χ3n) is 4.02. The Morgan fingerprint density at radius 3 is 2.14 bits per heavy atom. The van der Waals surface area contributed by atoms with Gasteiger partial charge in [0.1, 0.15) is 0 Å². The summed E-state index contributed by atoms with van der Waals surface area (Å²) in [5, 5.41) is 3.53. The van der Waals surface area contributed by atoms with E-state index in [2.05, 4.69) is 23.3 Å². The minimum Gasteiger partial charge on any atom is -0.316 e. The highest BCUT2D eigenvalue weighted by molar-refractivity contribution is 5.08. The largest absolute Gasteiger partial charge is 0.316 e. The van der Waals surface area contributed by atoms with E-state index in [1.165, 1.54) is 69.8 Å². The molecule has 0 aromatic carbocycles. The zero-order chi connectivity index (χ0) is 15.0. The van der Waals surface area contributed by atoms with E-state index in [0.29, 0.717) is 0 Å². The lowest BCUT2D eigenvalue weighted by Gasteiger charge is -2.05. The van der Waals surface area contributed by atoms with Crippen LogP contribution in [-0.2, 0) is 6.42 Å². The van der Waals surface area contributed by atoms with Crippen LogP contribution in [0.2, 0.25) is 0 Å². The summed E-state index contributed by atoms with van der Waals surface area (Å²) in [5.41, 5.74) is 1.33. The number of unbranched alkanes of at least 4 members (excludes halogenated alkanes) is 9. The second kappa shape index (κ2) is 14.1. The van der Waals surface area contributed by atoms with Gasteiger partial charge in [0, 0.05) is 12.4 Å². The molecule has 2 heteroatoms. The van der Waals surface area contributed by atoms with E-state index in [1.54, 1.807) is 0 Å². The zero-order valence-corrected chi connectivity index (χ0v) is 13.9. The fourth-order valence-electron chi connectivity index (χ4n) is 2.64. The number of rotatable bonds is 14. The van der Waals surface area contributed by atoms with Gasteiger partial charge in [0.05, 0.1) is 0 Å². The van der Waals surface area contributed by atoms with E-state index in [-0.39, 0.29) is 0 Å². The van der Waals surface area contributed by atoms with E-state index in [0.717, 1.165) is 19.5 Å². The van der Waals surface area contributed by atoms with Crippen LogP contribution in [0.25, 0.3) is 0 Å². The normalized spacial score (nSPS) is 10.9. The average molecular weight is 290 g/mol. The number of pyridine rings is 1. The lowest BCUT2D eigenvalue weighted by atomic mass is 10.1. The molecule has 1 aromatic heterocycles. The Labute approximate surface area is 131 Å². The molecular formula is C19H34N2. The van der Waals surface area contributed by atoms with E-state index in [4.69, 9.17) is 0 Å². The molecule has 1 heterocycles. The van der Waals surface area contributed by atoms with Gasteiger partial charge in [-0.3, -0.25) is 4.98 Å². The van der Waals surface area contributed by atoms with Gasteiger partial charge in [-0.15, -0.1) is 0 Å². The van der Waals surface area contributed by atoms with Crippen molar-refractivity contribution in [3.63, 3.8) is 0 Å². The van der Waals surface area contributed by atoms with Gasteiger partial charge in [0.2, 0.25) is 0 Å². The average Bonchev–Trinajstić information content (AvgIpc) is 2.53. The Balaban J connectivity index is 1.75. The Hall–Kier alpha value is -0.890. The quantitative estimate of drug-likeness (QED) is 0.480. The van der Waals surface area contributed by atoms with Gasteiger partial charge in [-0.05, 0) is 37.6 Å². The van der Waals surface area contributed by atoms with Crippen LogP contribution in [0.3, 0.4) is 0 Å². The van der Waals surface area contributed by atoms with E-state index in [1.807, 2.05) is 18.5 Å². The van der Waals surface area contributed by atoms with E-state index < -0.39 is 0 Å². The molecule has 0 bridgehead atoms. The second-order valence-electron chi connectivity index (χ2n) is 6.04. The summed E-state index contributed by atoms with van der Waals surface area (Å²) in [6.45, 7) is 4.52. The van der Waals surface area contributed by atoms with Gasteiger partial charge in [-0.25, -0.2) is 0 Å². The fourth-order valence-corrected chi connectivity index (χ4v) is 2.64. The van der Waals surface area contributed by atoms with Crippen molar-refractivity contribution in [3.8, 4) is 0 Å². The molecule has 0 unspecified atom stereocenters. The second-order valence-corrected chi connectivity index (χ2v) is 6.04. The van der Waals surface area contributed by atoms with Gasteiger partial charge in [0.25, 0.3) is 0 Å². The first-order chi connectivity index (χ1) is 10.4. The third kappa shape index (κ3) is 11.4. The molecule has 0 radical (unpaired) electrons. The molecule has 2 nitrogen and oxygen atoms in total. The Morgan fingerprint density at radius 1 is 0.857 bits per heavy atom. The Bertz CT molecular complexity index is 311. The van der Waals surface area contributed by atoms with Crippen LogP contribution in [0.5, 0.6) is 0 Å². The summed E-state index contributed by atoms with van der Waals surface area (Å²) in [4.78, 5) is 4.14. The molecule has 0 amide bonds. The first kappa shape index (κ1) is 18.2. The van der Waals surface area contributed by atoms with Crippen molar-refractivity contribution in [2.45, 2.75) is 77.6 Å². The summed E-state index contributed by atoms with van der Waals surface area (Å²) in [5.74, 6) is 0. The first-order valence-electron chi connectivity index (χ1n) is 9.03. The highest BCUT2D eigenvalue weighted by Gasteiger charge is 1.94. The van der Waals surface area contributed by atoms with E-state index in [9.17, 15) is 0 Å². The SMILES string of the molecule is CCCCCCCCCCCCNCCc1cccnc1. The molecule has 1 N–H and O–H groups in total. The lowest BCUT2D eigenvalue weighted by Crippen LogP contribution is -2.18. The molecule has 0 fully saturated rings. The minimum atomic E-state index is 1.07. The number of aromatic nitrogens is 1. The van der Waals surface area contributed by atoms with Gasteiger partial charge < -0.3 is 5.32 Å². The van der Waals surface area contributed by atoms with Crippen molar-refractivity contribution < 1.29 is 0 Å². The zero-order valence-electron chi connectivity index (χ0n) is 13.9. The summed E-state index contributed by atoms with van der Waals surface area (Å²) in [7, 11) is 0. The summed E-state index contributed by atoms with van der Waals surface area (Å²) < 4.78 is 0. The Morgan fingerprint density at radius 2 is 1.52 bits per heavy atom. The maximum atomic E-state index is 4.14. The molecule has 0 atom stereocenters. The van der Waals surface area contributed by atoms with Gasteiger partial charge in [-0.1, -0.05) is 70.8 Å². The van der Waals surface area contributed by atoms with Gasteiger partial charge in [-0.2, -0.15) is 0 Å². The molecule has 0 aliphatic heterocycles. The minimum absolute atomic E-state index is 1.07. The fraction of sp³-hybridized carbons (Fsp3) is 0.737. The van der Waals surface area contributed by atoms with Crippen LogP contribution in [0, 0.1) is 0 Å². The summed E-state index contributed by atoms with van der Waals surface area (Å²) >= 11 is 0. The molecule has 1 rings (SSSR count). The molecule has 0 spiro atoms. The predicted molar refractivity (Wildman–Crippen MR) is 92.7 cm³/mol. The lowest BCUT2D eigenvalue weighted by molar-refractivity contribution is 0.544. The Kier molecular flexibility index (Phi) is 12.2. The molecule has 120 valence electrons. The highest BCUT2D eigenvalue weighted by atomic mass is 14.8. The molecule has 0 saturated carbocycles. The van der Waals surface area contributed by atoms with Crippen molar-refractivity contribution in [2.75, 3.05) is 13.1 Å². The van der Waals surface area contributed by atoms with E-state index >= 15 is 0 Å². The molecule has 0 aliphatic carbocycles. The van der Waals surface area contributed by atoms with Gasteiger partial charge >= 0.3 is 0 Å². The molecular weight excluding hydrogens is 256 g/mol. The third-order valence-corrected chi connectivity index (χ3v) is 4.02. The smallest absolute Gasteiger partial charge is 0.0300 e. The monoisotopic (exact) mass is 290 g/mol. The van der Waals surface area contributed by atoms with Crippen molar-refractivity contribution in [2.24, 2.45) is 0 Å². The number of nitrogens with one attached hydrogen (secondary N) is 1. The number of hydrogen-bond donors (Lipinski definition) is 1. The first-order valence-corrected chi connectivity index (χ1v) is 9.03. The molecule has 0 saturated heterocycles. The maximum Gasteiger partial charge on any atom is 0.0300 e. The highest BCUT2D eigenvalue weighted by Crippen LogP contribution is 2.10. The van der Waals surface area contributed by atoms with Crippen molar-refractivity contribution in [3.05, 3.63) is 30.1 Å². The van der Waals surface area contributed by atoms with Crippen LogP contribution in [-0.4, -0.2) is 18.1 Å². The van der Waals surface area contributed by atoms with Crippen LogP contribution in [0.4, 0.5) is 0 Å². The number of nitrogens with zero attached hydrogens (tertiary/aromatic N) is 1.